The van der Waals surface area contributed by atoms with Crippen LogP contribution in [0.4, 0.5) is 0 Å². The lowest BCUT2D eigenvalue weighted by Crippen LogP contribution is -2.42. The first-order chi connectivity index (χ1) is 10.1. The van der Waals surface area contributed by atoms with Crippen molar-refractivity contribution in [1.29, 1.82) is 0 Å². The molecule has 112 valence electrons. The van der Waals surface area contributed by atoms with Crippen LogP contribution >= 0.6 is 0 Å². The molecule has 21 heavy (non-hydrogen) atoms. The van der Waals surface area contributed by atoms with Crippen LogP contribution in [0.5, 0.6) is 0 Å². The molecule has 0 bridgehead atoms. The van der Waals surface area contributed by atoms with E-state index in [1.807, 2.05) is 0 Å². The molecule has 1 aliphatic heterocycles. The minimum absolute atomic E-state index is 0.180. The van der Waals surface area contributed by atoms with Crippen LogP contribution in [0.3, 0.4) is 0 Å². The number of hydrogen-bond donors (Lipinski definition) is 0. The van der Waals surface area contributed by atoms with Gasteiger partial charge in [0.2, 0.25) is 0 Å². The maximum atomic E-state index is 11.2. The second kappa shape index (κ2) is 7.72. The van der Waals surface area contributed by atoms with E-state index in [0.717, 1.165) is 6.08 Å². The summed E-state index contributed by atoms with van der Waals surface area (Å²) in [6, 6.07) is -3.96. The first-order valence-corrected chi connectivity index (χ1v) is 5.63. The topological polar surface area (TPSA) is 173 Å². The molecule has 0 saturated heterocycles. The SMILES string of the molecule is O=NCC(N=O)C(N=O)[C@H]1C[C@@H](N=O)C=C(C(=O)N=O)O1. The van der Waals surface area contributed by atoms with Crippen molar-refractivity contribution in [3.05, 3.63) is 36.4 Å². The van der Waals surface area contributed by atoms with Gasteiger partial charge in [-0.05, 0) is 6.08 Å². The van der Waals surface area contributed by atoms with E-state index in [-0.39, 0.29) is 6.42 Å². The molecule has 0 radical (unpaired) electrons. The molecule has 0 aromatic rings. The molecule has 12 heteroatoms. The van der Waals surface area contributed by atoms with E-state index >= 15 is 0 Å². The minimum Gasteiger partial charge on any atom is -0.482 e. The van der Waals surface area contributed by atoms with Gasteiger partial charge in [0.25, 0.3) is 0 Å². The number of rotatable bonds is 8. The Balaban J connectivity index is 3.02. The van der Waals surface area contributed by atoms with Gasteiger partial charge >= 0.3 is 5.91 Å². The third-order valence-corrected chi connectivity index (χ3v) is 2.82. The minimum atomic E-state index is -1.47. The van der Waals surface area contributed by atoms with Crippen molar-refractivity contribution in [2.24, 2.45) is 25.9 Å². The Bertz CT molecular complexity index is 493. The number of nitrogens with zero attached hydrogens (tertiary/aromatic N) is 5. The molecule has 1 aliphatic rings. The lowest BCUT2D eigenvalue weighted by atomic mass is 9.95. The number of carbonyl (C=O) groups excluding carboxylic acids is 1. The number of nitroso groups, excluding NO2 is 5. The normalized spacial score (nSPS) is 23.7. The summed E-state index contributed by atoms with van der Waals surface area (Å²) < 4.78 is 5.04. The summed E-state index contributed by atoms with van der Waals surface area (Å²) >= 11 is 0. The quantitative estimate of drug-likeness (QED) is 0.603. The molecule has 0 saturated carbocycles. The smallest absolute Gasteiger partial charge is 0.350 e. The predicted octanol–water partition coefficient (Wildman–Crippen LogP) is 1.12. The molecule has 0 N–H and O–H groups in total. The van der Waals surface area contributed by atoms with Crippen LogP contribution in [0.1, 0.15) is 6.42 Å². The Hall–Kier alpha value is -2.79. The molecule has 0 aliphatic carbocycles. The zero-order valence-corrected chi connectivity index (χ0v) is 10.4. The van der Waals surface area contributed by atoms with Gasteiger partial charge in [-0.15, -0.1) is 4.91 Å². The fourth-order valence-electron chi connectivity index (χ4n) is 1.85. The van der Waals surface area contributed by atoms with Crippen LogP contribution in [0.25, 0.3) is 0 Å². The molecule has 4 atom stereocenters. The maximum Gasteiger partial charge on any atom is 0.350 e. The third-order valence-electron chi connectivity index (χ3n) is 2.82. The first-order valence-electron chi connectivity index (χ1n) is 5.63. The predicted molar refractivity (Wildman–Crippen MR) is 67.8 cm³/mol. The van der Waals surface area contributed by atoms with Gasteiger partial charge in [0.05, 0.1) is 0 Å². The van der Waals surface area contributed by atoms with Crippen molar-refractivity contribution >= 4 is 5.91 Å². The molecule has 1 amide bonds. The summed E-state index contributed by atoms with van der Waals surface area (Å²) in [4.78, 5) is 63.6. The average Bonchev–Trinajstić information content (AvgIpc) is 2.53. The molecule has 0 aromatic heterocycles. The fraction of sp³-hybridized carbons (Fsp3) is 0.667. The maximum absolute atomic E-state index is 11.2. The Kier molecular flexibility index (Phi) is 5.98. The Labute approximate surface area is 116 Å². The summed E-state index contributed by atoms with van der Waals surface area (Å²) in [6.45, 7) is -0.627. The average molecular weight is 299 g/mol. The van der Waals surface area contributed by atoms with Gasteiger partial charge in [-0.2, -0.15) is 19.6 Å². The van der Waals surface area contributed by atoms with Crippen molar-refractivity contribution in [1.82, 2.24) is 0 Å². The van der Waals surface area contributed by atoms with Crippen LogP contribution in [0.15, 0.2) is 37.7 Å². The molecule has 0 spiro atoms. The van der Waals surface area contributed by atoms with E-state index in [1.54, 1.807) is 0 Å². The molecule has 12 nitrogen and oxygen atoms in total. The van der Waals surface area contributed by atoms with Crippen molar-refractivity contribution in [2.45, 2.75) is 30.7 Å². The standard InChI is InChI=1S/C9H9N5O7/c15-9(14-20)7-2-4(11-17)1-6(21-7)8(13-19)5(12-18)3-10-16/h2,4-6,8H,1,3H2/t4-,5?,6-,8?/m1/s1. The molecule has 1 rings (SSSR count). The van der Waals surface area contributed by atoms with Gasteiger partial charge in [-0.25, -0.2) is 0 Å². The Morgan fingerprint density at radius 2 is 1.95 bits per heavy atom. The number of amides is 1. The highest BCUT2D eigenvalue weighted by molar-refractivity contribution is 5.92. The fourth-order valence-corrected chi connectivity index (χ4v) is 1.85. The van der Waals surface area contributed by atoms with Crippen molar-refractivity contribution in [2.75, 3.05) is 6.54 Å². The van der Waals surface area contributed by atoms with E-state index < -0.39 is 42.4 Å². The lowest BCUT2D eigenvalue weighted by Gasteiger charge is -2.29. The van der Waals surface area contributed by atoms with E-state index in [4.69, 9.17) is 4.74 Å². The molecule has 2 unspecified atom stereocenters. The summed E-state index contributed by atoms with van der Waals surface area (Å²) in [5.41, 5.74) is 0. The molecular weight excluding hydrogens is 290 g/mol. The highest BCUT2D eigenvalue weighted by Crippen LogP contribution is 2.26. The first kappa shape index (κ1) is 16.3. The van der Waals surface area contributed by atoms with Crippen LogP contribution in [0, 0.1) is 24.5 Å². The van der Waals surface area contributed by atoms with E-state index in [2.05, 4.69) is 25.9 Å². The van der Waals surface area contributed by atoms with Gasteiger partial charge in [0, 0.05) is 11.6 Å². The molecule has 0 fully saturated rings. The Morgan fingerprint density at radius 1 is 1.24 bits per heavy atom. The number of hydrogen-bond acceptors (Lipinski definition) is 11. The third kappa shape index (κ3) is 3.84. The molecule has 0 aromatic carbocycles. The van der Waals surface area contributed by atoms with Crippen LogP contribution in [-0.2, 0) is 9.53 Å². The van der Waals surface area contributed by atoms with Gasteiger partial charge in [0.1, 0.15) is 24.7 Å². The zero-order chi connectivity index (χ0) is 15.8. The van der Waals surface area contributed by atoms with Crippen molar-refractivity contribution in [3.8, 4) is 0 Å². The second-order valence-corrected chi connectivity index (χ2v) is 4.07. The van der Waals surface area contributed by atoms with Crippen molar-refractivity contribution < 1.29 is 9.53 Å². The Morgan fingerprint density at radius 3 is 2.43 bits per heavy atom. The van der Waals surface area contributed by atoms with E-state index in [9.17, 15) is 29.3 Å². The summed E-state index contributed by atoms with van der Waals surface area (Å²) in [5.74, 6) is -1.88. The second-order valence-electron chi connectivity index (χ2n) is 4.07. The van der Waals surface area contributed by atoms with E-state index in [1.165, 1.54) is 0 Å². The monoisotopic (exact) mass is 299 g/mol. The van der Waals surface area contributed by atoms with Crippen LogP contribution < -0.4 is 0 Å². The summed E-state index contributed by atoms with van der Waals surface area (Å²) in [7, 11) is 0. The van der Waals surface area contributed by atoms with Gasteiger partial charge in [-0.1, -0.05) is 20.7 Å². The zero-order valence-electron chi connectivity index (χ0n) is 10.4. The highest BCUT2D eigenvalue weighted by Gasteiger charge is 2.39. The summed E-state index contributed by atoms with van der Waals surface area (Å²) in [6.07, 6.45) is -0.447. The number of ether oxygens (including phenoxy) is 1. The van der Waals surface area contributed by atoms with Crippen molar-refractivity contribution in [3.63, 3.8) is 0 Å². The number of carbonyl (C=O) groups is 1. The largest absolute Gasteiger partial charge is 0.482 e. The van der Waals surface area contributed by atoms with Gasteiger partial charge in [-0.3, -0.25) is 4.79 Å². The summed E-state index contributed by atoms with van der Waals surface area (Å²) in [5, 5.41) is 12.4. The van der Waals surface area contributed by atoms with Crippen LogP contribution in [0.2, 0.25) is 0 Å². The molecule has 1 heterocycles. The van der Waals surface area contributed by atoms with Gasteiger partial charge in [0.15, 0.2) is 11.8 Å². The lowest BCUT2D eigenvalue weighted by molar-refractivity contribution is -0.119. The van der Waals surface area contributed by atoms with Gasteiger partial charge < -0.3 is 4.74 Å². The molecular formula is C9H9N5O7. The van der Waals surface area contributed by atoms with E-state index in [0.29, 0.717) is 0 Å². The highest BCUT2D eigenvalue weighted by atomic mass is 16.5. The van der Waals surface area contributed by atoms with Crippen LogP contribution in [-0.4, -0.2) is 36.7 Å².